The van der Waals surface area contributed by atoms with E-state index in [0.717, 1.165) is 0 Å². The van der Waals surface area contributed by atoms with Crippen LogP contribution in [0.2, 0.25) is 0 Å². The summed E-state index contributed by atoms with van der Waals surface area (Å²) in [4.78, 5) is 12.3. The predicted molar refractivity (Wildman–Crippen MR) is 92.6 cm³/mol. The van der Waals surface area contributed by atoms with Crippen molar-refractivity contribution in [1.82, 2.24) is 4.72 Å². The zero-order valence-corrected chi connectivity index (χ0v) is 14.3. The third-order valence-corrected chi connectivity index (χ3v) is 5.10. The summed E-state index contributed by atoms with van der Waals surface area (Å²) < 4.78 is 26.9. The molecule has 6 nitrogen and oxygen atoms in total. The fourth-order valence-electron chi connectivity index (χ4n) is 1.99. The number of amides is 1. The molecule has 2 rings (SSSR count). The number of carbonyl (C=O) groups is 1. The molecule has 0 saturated heterocycles. The summed E-state index contributed by atoms with van der Waals surface area (Å²) in [5.41, 5.74) is 0.774. The van der Waals surface area contributed by atoms with Crippen molar-refractivity contribution < 1.29 is 18.3 Å². The van der Waals surface area contributed by atoms with E-state index in [9.17, 15) is 18.3 Å². The Morgan fingerprint density at radius 3 is 2.42 bits per heavy atom. The third kappa shape index (κ3) is 4.56. The zero-order chi connectivity index (χ0) is 17.7. The van der Waals surface area contributed by atoms with E-state index in [2.05, 4.69) is 10.0 Å². The van der Waals surface area contributed by atoms with Gasteiger partial charge in [-0.05, 0) is 49.7 Å². The number of hydrogen-bond acceptors (Lipinski definition) is 4. The highest BCUT2D eigenvalue weighted by Crippen LogP contribution is 2.17. The molecule has 0 radical (unpaired) electrons. The first-order valence-electron chi connectivity index (χ1n) is 7.54. The van der Waals surface area contributed by atoms with Crippen molar-refractivity contribution in [3.05, 3.63) is 54.1 Å². The molecule has 0 aromatic heterocycles. The Kier molecular flexibility index (Phi) is 5.58. The van der Waals surface area contributed by atoms with Crippen LogP contribution >= 0.6 is 0 Å². The molecule has 0 heterocycles. The van der Waals surface area contributed by atoms with Gasteiger partial charge in [0, 0.05) is 23.4 Å². The van der Waals surface area contributed by atoms with Crippen molar-refractivity contribution in [2.24, 2.45) is 0 Å². The lowest BCUT2D eigenvalue weighted by atomic mass is 10.2. The van der Waals surface area contributed by atoms with Crippen molar-refractivity contribution in [2.75, 3.05) is 5.32 Å². The van der Waals surface area contributed by atoms with Crippen LogP contribution < -0.4 is 10.0 Å². The van der Waals surface area contributed by atoms with Gasteiger partial charge in [0.05, 0.1) is 4.90 Å². The Hall–Kier alpha value is -2.38. The lowest BCUT2D eigenvalue weighted by molar-refractivity contribution is 0.102. The van der Waals surface area contributed by atoms with Gasteiger partial charge in [-0.2, -0.15) is 0 Å². The van der Waals surface area contributed by atoms with Crippen LogP contribution in [0, 0.1) is 0 Å². The van der Waals surface area contributed by atoms with Crippen LogP contribution in [-0.2, 0) is 10.0 Å². The number of rotatable bonds is 6. The summed E-state index contributed by atoms with van der Waals surface area (Å²) in [6.07, 6.45) is 0.684. The monoisotopic (exact) mass is 348 g/mol. The predicted octanol–water partition coefficient (Wildman–Crippen LogP) is 2.72. The maximum absolute atomic E-state index is 12.2. The van der Waals surface area contributed by atoms with Gasteiger partial charge < -0.3 is 10.4 Å². The molecule has 128 valence electrons. The van der Waals surface area contributed by atoms with Crippen molar-refractivity contribution in [2.45, 2.75) is 31.2 Å². The molecule has 1 amide bonds. The standard InChI is InChI=1S/C17H20N2O4S/c1-3-12(2)19-24(22,23)16-9-7-13(8-10-16)17(21)18-14-5-4-6-15(20)11-14/h4-12,19-20H,3H2,1-2H3,(H,18,21)/t12-/m1/s1. The van der Waals surface area contributed by atoms with E-state index in [0.29, 0.717) is 17.7 Å². The fraction of sp³-hybridized carbons (Fsp3) is 0.235. The highest BCUT2D eigenvalue weighted by molar-refractivity contribution is 7.89. The molecule has 0 saturated carbocycles. The van der Waals surface area contributed by atoms with Gasteiger partial charge in [-0.15, -0.1) is 0 Å². The van der Waals surface area contributed by atoms with Crippen LogP contribution in [0.5, 0.6) is 5.75 Å². The van der Waals surface area contributed by atoms with Gasteiger partial charge in [-0.1, -0.05) is 13.0 Å². The number of hydrogen-bond donors (Lipinski definition) is 3. The zero-order valence-electron chi connectivity index (χ0n) is 13.5. The number of phenolic OH excluding ortho intramolecular Hbond substituents is 1. The second-order valence-electron chi connectivity index (χ2n) is 5.46. The fourth-order valence-corrected chi connectivity index (χ4v) is 3.32. The summed E-state index contributed by atoms with van der Waals surface area (Å²) >= 11 is 0. The number of phenols is 1. The van der Waals surface area contributed by atoms with Crippen molar-refractivity contribution in [3.8, 4) is 5.75 Å². The van der Waals surface area contributed by atoms with Crippen LogP contribution in [0.4, 0.5) is 5.69 Å². The molecule has 0 aliphatic rings. The average Bonchev–Trinajstić information content (AvgIpc) is 2.54. The smallest absolute Gasteiger partial charge is 0.255 e. The number of sulfonamides is 1. The van der Waals surface area contributed by atoms with E-state index in [1.807, 2.05) is 6.92 Å². The lowest BCUT2D eigenvalue weighted by Crippen LogP contribution is -2.32. The number of carbonyl (C=O) groups excluding carboxylic acids is 1. The minimum atomic E-state index is -3.59. The highest BCUT2D eigenvalue weighted by Gasteiger charge is 2.17. The van der Waals surface area contributed by atoms with Crippen LogP contribution in [0.25, 0.3) is 0 Å². The van der Waals surface area contributed by atoms with Crippen molar-refractivity contribution in [3.63, 3.8) is 0 Å². The Balaban J connectivity index is 2.12. The molecule has 0 aliphatic carbocycles. The van der Waals surface area contributed by atoms with Crippen molar-refractivity contribution in [1.29, 1.82) is 0 Å². The Morgan fingerprint density at radius 1 is 1.17 bits per heavy atom. The third-order valence-electron chi connectivity index (χ3n) is 3.50. The van der Waals surface area contributed by atoms with Gasteiger partial charge in [0.25, 0.3) is 5.91 Å². The lowest BCUT2D eigenvalue weighted by Gasteiger charge is -2.12. The average molecular weight is 348 g/mol. The molecule has 3 N–H and O–H groups in total. The van der Waals surface area contributed by atoms with Gasteiger partial charge >= 0.3 is 0 Å². The number of benzene rings is 2. The van der Waals surface area contributed by atoms with Gasteiger partial charge in [0.1, 0.15) is 5.75 Å². The van der Waals surface area contributed by atoms with Crippen LogP contribution in [0.15, 0.2) is 53.4 Å². The maximum atomic E-state index is 12.2. The summed E-state index contributed by atoms with van der Waals surface area (Å²) in [7, 11) is -3.59. The molecule has 24 heavy (non-hydrogen) atoms. The SMILES string of the molecule is CC[C@@H](C)NS(=O)(=O)c1ccc(C(=O)Nc2cccc(O)c2)cc1. The molecule has 2 aromatic carbocycles. The van der Waals surface area contributed by atoms with Gasteiger partial charge in [0.2, 0.25) is 10.0 Å². The van der Waals surface area contributed by atoms with Gasteiger partial charge in [-0.25, -0.2) is 13.1 Å². The van der Waals surface area contributed by atoms with E-state index in [1.54, 1.807) is 19.1 Å². The molecule has 0 bridgehead atoms. The van der Waals surface area contributed by atoms with E-state index in [-0.39, 0.29) is 22.6 Å². The summed E-state index contributed by atoms with van der Waals surface area (Å²) in [5, 5.41) is 12.0. The number of nitrogens with one attached hydrogen (secondary N) is 2. The van der Waals surface area contributed by atoms with Crippen molar-refractivity contribution >= 4 is 21.6 Å². The van der Waals surface area contributed by atoms with E-state index in [4.69, 9.17) is 0 Å². The highest BCUT2D eigenvalue weighted by atomic mass is 32.2. The summed E-state index contributed by atoms with van der Waals surface area (Å²) in [6, 6.07) is 11.7. The first kappa shape index (κ1) is 18.0. The van der Waals surface area contributed by atoms with Gasteiger partial charge in [-0.3, -0.25) is 4.79 Å². The quantitative estimate of drug-likeness (QED) is 0.748. The Labute approximate surface area is 141 Å². The van der Waals surface area contributed by atoms with Crippen LogP contribution in [-0.4, -0.2) is 25.5 Å². The first-order chi connectivity index (χ1) is 11.3. The maximum Gasteiger partial charge on any atom is 0.255 e. The molecule has 1 atom stereocenters. The second-order valence-corrected chi connectivity index (χ2v) is 7.17. The summed E-state index contributed by atoms with van der Waals surface area (Å²) in [5.74, 6) is -0.343. The second kappa shape index (κ2) is 7.46. The topological polar surface area (TPSA) is 95.5 Å². The molecule has 0 fully saturated rings. The van der Waals surface area contributed by atoms with E-state index in [1.165, 1.54) is 36.4 Å². The van der Waals surface area contributed by atoms with E-state index >= 15 is 0 Å². The minimum Gasteiger partial charge on any atom is -0.508 e. The normalized spacial score (nSPS) is 12.6. The molecular weight excluding hydrogens is 328 g/mol. The minimum absolute atomic E-state index is 0.0466. The van der Waals surface area contributed by atoms with Gasteiger partial charge in [0.15, 0.2) is 0 Å². The van der Waals surface area contributed by atoms with Crippen LogP contribution in [0.1, 0.15) is 30.6 Å². The van der Waals surface area contributed by atoms with E-state index < -0.39 is 10.0 Å². The molecule has 2 aromatic rings. The van der Waals surface area contributed by atoms with Crippen LogP contribution in [0.3, 0.4) is 0 Å². The molecule has 7 heteroatoms. The number of aromatic hydroxyl groups is 1. The number of anilines is 1. The first-order valence-corrected chi connectivity index (χ1v) is 9.03. The Morgan fingerprint density at radius 2 is 1.83 bits per heavy atom. The largest absolute Gasteiger partial charge is 0.508 e. The molecule has 0 spiro atoms. The summed E-state index contributed by atoms with van der Waals surface area (Å²) in [6.45, 7) is 3.68. The molecule has 0 unspecified atom stereocenters. The Bertz CT molecular complexity index is 817. The molecule has 0 aliphatic heterocycles. The molecular formula is C17H20N2O4S.